The Hall–Kier alpha value is -2.92. The lowest BCUT2D eigenvalue weighted by Gasteiger charge is -2.18. The fourth-order valence-electron chi connectivity index (χ4n) is 2.60. The minimum absolute atomic E-state index is 0.0488. The molecule has 11 nitrogen and oxygen atoms in total. The van der Waals surface area contributed by atoms with Crippen molar-refractivity contribution in [2.24, 2.45) is 0 Å². The van der Waals surface area contributed by atoms with Gasteiger partial charge in [0, 0.05) is 12.3 Å². The highest BCUT2D eigenvalue weighted by atomic mass is 16.8. The number of nitrogens with one attached hydrogen (secondary N) is 1. The van der Waals surface area contributed by atoms with Crippen molar-refractivity contribution in [2.45, 2.75) is 31.5 Å². The lowest BCUT2D eigenvalue weighted by atomic mass is 10.1. The van der Waals surface area contributed by atoms with Crippen LogP contribution in [0.4, 0.5) is 10.6 Å². The number of fused-ring (bicyclic) bond motifs is 1. The summed E-state index contributed by atoms with van der Waals surface area (Å²) >= 11 is 0. The zero-order chi connectivity index (χ0) is 18.0. The summed E-state index contributed by atoms with van der Waals surface area (Å²) in [7, 11) is 0. The minimum Gasteiger partial charge on any atom is -0.460 e. The van der Waals surface area contributed by atoms with Gasteiger partial charge in [0.2, 0.25) is 0 Å². The van der Waals surface area contributed by atoms with E-state index in [4.69, 9.17) is 24.2 Å². The number of hydrogen-bond donors (Lipinski definition) is 2. The molecule has 0 amide bonds. The van der Waals surface area contributed by atoms with E-state index in [0.717, 1.165) is 4.57 Å². The maximum absolute atomic E-state index is 12.1. The van der Waals surface area contributed by atoms with Gasteiger partial charge < -0.3 is 18.9 Å². The Bertz CT molecular complexity index is 761. The maximum Gasteiger partial charge on any atom is 0.509 e. The summed E-state index contributed by atoms with van der Waals surface area (Å²) in [6.07, 6.45) is -0.379. The predicted octanol–water partition coefficient (Wildman–Crippen LogP) is -0.0349. The molecule has 1 aromatic rings. The molecule has 2 fully saturated rings. The van der Waals surface area contributed by atoms with E-state index in [9.17, 15) is 14.4 Å². The van der Waals surface area contributed by atoms with Crippen LogP contribution in [0.15, 0.2) is 29.2 Å². The first-order valence-corrected chi connectivity index (χ1v) is 7.35. The van der Waals surface area contributed by atoms with Gasteiger partial charge in [0.15, 0.2) is 24.3 Å². The zero-order valence-corrected chi connectivity index (χ0v) is 13.0. The van der Waals surface area contributed by atoms with Crippen molar-refractivity contribution in [3.05, 3.63) is 34.9 Å². The van der Waals surface area contributed by atoms with E-state index in [2.05, 4.69) is 4.98 Å². The van der Waals surface area contributed by atoms with Crippen molar-refractivity contribution in [1.82, 2.24) is 9.55 Å². The number of rotatable bonds is 5. The van der Waals surface area contributed by atoms with Crippen molar-refractivity contribution in [3.63, 3.8) is 0 Å². The molecule has 0 bridgehead atoms. The average Bonchev–Trinajstić information content (AvgIpc) is 3.11. The van der Waals surface area contributed by atoms with Gasteiger partial charge in [-0.25, -0.2) is 14.4 Å². The number of carbonyl (C=O) groups excluding carboxylic acids is 2. The Morgan fingerprint density at radius 2 is 2.20 bits per heavy atom. The lowest BCUT2D eigenvalue weighted by Crippen LogP contribution is -2.34. The van der Waals surface area contributed by atoms with Gasteiger partial charge in [0.1, 0.15) is 12.7 Å². The summed E-state index contributed by atoms with van der Waals surface area (Å²) in [4.78, 5) is 38.5. The number of esters is 1. The molecule has 0 spiro atoms. The van der Waals surface area contributed by atoms with Gasteiger partial charge >= 0.3 is 17.8 Å². The van der Waals surface area contributed by atoms with Gasteiger partial charge in [-0.1, -0.05) is 6.08 Å². The minimum atomic E-state index is -1.00. The summed E-state index contributed by atoms with van der Waals surface area (Å²) in [5.74, 6) is -0.624. The van der Waals surface area contributed by atoms with Crippen LogP contribution in [-0.4, -0.2) is 51.8 Å². The number of hydrogen-bond acceptors (Lipinski definition) is 10. The first-order chi connectivity index (χ1) is 12.0. The Morgan fingerprint density at radius 3 is 2.88 bits per heavy atom. The summed E-state index contributed by atoms with van der Waals surface area (Å²) in [5, 5.41) is 8.78. The molecular formula is C14H15N3O8. The summed E-state index contributed by atoms with van der Waals surface area (Å²) in [6, 6.07) is 1.33. The van der Waals surface area contributed by atoms with Crippen molar-refractivity contribution in [3.8, 4) is 0 Å². The zero-order valence-electron chi connectivity index (χ0n) is 13.0. The number of allylic oxidation sites excluding steroid dienone is 1. The molecule has 2 aliphatic heterocycles. The maximum atomic E-state index is 12.1. The Labute approximate surface area is 140 Å². The van der Waals surface area contributed by atoms with Gasteiger partial charge in [-0.05, 0) is 13.0 Å². The van der Waals surface area contributed by atoms with Crippen LogP contribution in [0.1, 0.15) is 13.2 Å². The van der Waals surface area contributed by atoms with Gasteiger partial charge in [0.05, 0.1) is 0 Å². The molecule has 0 aliphatic carbocycles. The van der Waals surface area contributed by atoms with Crippen LogP contribution < -0.4 is 11.2 Å². The molecule has 11 heteroatoms. The third-order valence-electron chi connectivity index (χ3n) is 3.66. The van der Waals surface area contributed by atoms with Gasteiger partial charge in [-0.3, -0.25) is 15.3 Å². The Morgan fingerprint density at radius 1 is 1.44 bits per heavy atom. The molecule has 1 aromatic heterocycles. The van der Waals surface area contributed by atoms with Crippen molar-refractivity contribution >= 4 is 17.9 Å². The third-order valence-corrected chi connectivity index (χ3v) is 3.66. The fourth-order valence-corrected chi connectivity index (χ4v) is 2.60. The number of ether oxygens (including phenoxy) is 4. The van der Waals surface area contributed by atoms with Gasteiger partial charge in [-0.15, -0.1) is 0 Å². The second kappa shape index (κ2) is 6.91. The standard InChI is InChI=1S/C14H15N3O8/c1-2-3-9(18)22-6-7-10-11(25-14(20)24-10)12(23-7)17-5-4-8(16-21)15-13(17)19/h2-5,7,10-12,21H,6H2,1H3,(H,15,16,19)/b3-2+/t7-,10-,11-,12-/m1/s1. The average molecular weight is 353 g/mol. The van der Waals surface area contributed by atoms with Crippen LogP contribution in [0, 0.1) is 0 Å². The first kappa shape index (κ1) is 16.9. The number of nitrogens with zero attached hydrogens (tertiary/aromatic N) is 2. The normalized spacial score (nSPS) is 27.7. The van der Waals surface area contributed by atoms with E-state index >= 15 is 0 Å². The highest BCUT2D eigenvalue weighted by Gasteiger charge is 2.55. The van der Waals surface area contributed by atoms with E-state index in [1.54, 1.807) is 12.4 Å². The van der Waals surface area contributed by atoms with Crippen molar-refractivity contribution in [2.75, 3.05) is 12.1 Å². The van der Waals surface area contributed by atoms with E-state index in [1.807, 2.05) is 0 Å². The van der Waals surface area contributed by atoms with Crippen LogP contribution in [0.5, 0.6) is 0 Å². The van der Waals surface area contributed by atoms with Gasteiger partial charge in [0.25, 0.3) is 0 Å². The fraction of sp³-hybridized carbons (Fsp3) is 0.429. The molecule has 2 aliphatic rings. The Balaban J connectivity index is 1.80. The highest BCUT2D eigenvalue weighted by Crippen LogP contribution is 2.37. The summed E-state index contributed by atoms with van der Waals surface area (Å²) < 4.78 is 21.9. The van der Waals surface area contributed by atoms with Crippen LogP contribution in [0.3, 0.4) is 0 Å². The SMILES string of the molecule is C/C=C/C(=O)OC[C@H]1O[C@@H](n2ccc(NO)nc2=O)[C@@H]2OC(=O)O[C@@H]21. The van der Waals surface area contributed by atoms with Crippen molar-refractivity contribution < 1.29 is 33.7 Å². The molecular weight excluding hydrogens is 338 g/mol. The predicted molar refractivity (Wildman–Crippen MR) is 78.7 cm³/mol. The molecule has 3 rings (SSSR count). The topological polar surface area (TPSA) is 138 Å². The molecule has 3 heterocycles. The summed E-state index contributed by atoms with van der Waals surface area (Å²) in [5.41, 5.74) is 1.01. The highest BCUT2D eigenvalue weighted by molar-refractivity contribution is 5.81. The van der Waals surface area contributed by atoms with Crippen LogP contribution in [0.2, 0.25) is 0 Å². The lowest BCUT2D eigenvalue weighted by molar-refractivity contribution is -0.145. The second-order valence-corrected chi connectivity index (χ2v) is 5.22. The molecule has 0 saturated carbocycles. The Kier molecular flexibility index (Phi) is 4.67. The second-order valence-electron chi connectivity index (χ2n) is 5.22. The van der Waals surface area contributed by atoms with E-state index < -0.39 is 42.4 Å². The van der Waals surface area contributed by atoms with Crippen molar-refractivity contribution in [1.29, 1.82) is 0 Å². The molecule has 2 saturated heterocycles. The quantitative estimate of drug-likeness (QED) is 0.421. The molecule has 0 aromatic carbocycles. The number of aromatic nitrogens is 2. The van der Waals surface area contributed by atoms with E-state index in [-0.39, 0.29) is 12.4 Å². The molecule has 2 N–H and O–H groups in total. The molecule has 134 valence electrons. The monoisotopic (exact) mass is 353 g/mol. The van der Waals surface area contributed by atoms with Crippen LogP contribution in [-0.2, 0) is 23.7 Å². The van der Waals surface area contributed by atoms with Crippen LogP contribution in [0.25, 0.3) is 0 Å². The third kappa shape index (κ3) is 3.32. The molecule has 25 heavy (non-hydrogen) atoms. The largest absolute Gasteiger partial charge is 0.509 e. The number of anilines is 1. The van der Waals surface area contributed by atoms with E-state index in [0.29, 0.717) is 0 Å². The first-order valence-electron chi connectivity index (χ1n) is 7.35. The van der Waals surface area contributed by atoms with Gasteiger partial charge in [-0.2, -0.15) is 4.98 Å². The molecule has 0 unspecified atom stereocenters. The number of carbonyl (C=O) groups is 2. The summed E-state index contributed by atoms with van der Waals surface area (Å²) in [6.45, 7) is 1.48. The van der Waals surface area contributed by atoms with E-state index in [1.165, 1.54) is 24.4 Å². The molecule has 0 radical (unpaired) electrons. The molecule has 4 atom stereocenters. The smallest absolute Gasteiger partial charge is 0.460 e. The van der Waals surface area contributed by atoms with Crippen LogP contribution >= 0.6 is 0 Å².